The summed E-state index contributed by atoms with van der Waals surface area (Å²) in [7, 11) is 1.79. The van der Waals surface area contributed by atoms with Gasteiger partial charge in [-0.05, 0) is 18.6 Å². The predicted octanol–water partition coefficient (Wildman–Crippen LogP) is 4.83. The molecule has 2 aromatic carbocycles. The molecule has 3 rings (SSSR count). The molecule has 0 spiro atoms. The number of nitrogens with one attached hydrogen (secondary N) is 1. The van der Waals surface area contributed by atoms with Crippen molar-refractivity contribution in [3.8, 4) is 5.75 Å². The molecule has 1 aromatic heterocycles. The third kappa shape index (κ3) is 3.89. The minimum Gasteiger partial charge on any atom is -0.488 e. The molecule has 0 atom stereocenters. The first kappa shape index (κ1) is 20.0. The molecule has 0 fully saturated rings. The van der Waals surface area contributed by atoms with Crippen molar-refractivity contribution in [3.05, 3.63) is 59.8 Å². The van der Waals surface area contributed by atoms with E-state index in [1.54, 1.807) is 7.05 Å². The summed E-state index contributed by atoms with van der Waals surface area (Å²) in [6, 6.07) is 15.9. The Morgan fingerprint density at radius 2 is 1.71 bits per heavy atom. The number of hydrogen-bond donors (Lipinski definition) is 2. The van der Waals surface area contributed by atoms with Gasteiger partial charge in [-0.3, -0.25) is 0 Å². The molecule has 0 saturated carbocycles. The fraction of sp³-hybridized carbons (Fsp3) is 0.263. The van der Waals surface area contributed by atoms with Crippen LogP contribution in [0, 0.1) is 6.92 Å². The van der Waals surface area contributed by atoms with Crippen LogP contribution in [0.2, 0.25) is 0 Å². The van der Waals surface area contributed by atoms with Crippen molar-refractivity contribution in [2.24, 2.45) is 0 Å². The van der Waals surface area contributed by atoms with Crippen LogP contribution >= 0.6 is 0 Å². The number of fused-ring (bicyclic) bond motifs is 1. The van der Waals surface area contributed by atoms with Gasteiger partial charge in [-0.25, -0.2) is 0 Å². The van der Waals surface area contributed by atoms with Crippen molar-refractivity contribution < 1.29 is 28.5 Å². The molecule has 0 unspecified atom stereocenters. The van der Waals surface area contributed by atoms with E-state index in [1.165, 1.54) is 4.73 Å². The zero-order valence-electron chi connectivity index (χ0n) is 14.6. The van der Waals surface area contributed by atoms with Gasteiger partial charge >= 0.3 is 0 Å². The van der Waals surface area contributed by atoms with Gasteiger partial charge in [-0.1, -0.05) is 56.3 Å². The number of rotatable bonds is 4. The van der Waals surface area contributed by atoms with E-state index in [2.05, 4.69) is 5.32 Å². The second-order valence-electron chi connectivity index (χ2n) is 4.95. The number of aryl methyl sites for hydroxylation is 1. The third-order valence-electron chi connectivity index (χ3n) is 3.66. The average Bonchev–Trinajstić information content (AvgIpc) is 2.87. The van der Waals surface area contributed by atoms with Crippen LogP contribution < -0.4 is 10.1 Å². The first-order valence-electron chi connectivity index (χ1n) is 7.90. The second-order valence-corrected chi connectivity index (χ2v) is 4.95. The van der Waals surface area contributed by atoms with Crippen molar-refractivity contribution in [3.63, 3.8) is 0 Å². The first-order chi connectivity index (χ1) is 11.2. The van der Waals surface area contributed by atoms with Crippen LogP contribution in [0.5, 0.6) is 5.75 Å². The maximum Gasteiger partial charge on any atom is 0.153 e. The summed E-state index contributed by atoms with van der Waals surface area (Å²) in [5.74, 6) is 1.41. The molecular weight excluding hydrogens is 339 g/mol. The zero-order chi connectivity index (χ0) is 16.8. The Morgan fingerprint density at radius 3 is 2.33 bits per heavy atom. The van der Waals surface area contributed by atoms with E-state index in [0.717, 1.165) is 27.8 Å². The van der Waals surface area contributed by atoms with Crippen LogP contribution in [0.25, 0.3) is 10.8 Å². The van der Waals surface area contributed by atoms with Gasteiger partial charge in [0.1, 0.15) is 12.4 Å². The van der Waals surface area contributed by atoms with Crippen LogP contribution in [-0.2, 0) is 25.2 Å². The van der Waals surface area contributed by atoms with Gasteiger partial charge in [0.25, 0.3) is 0 Å². The number of nitrogens with zero attached hydrogens (tertiary/aromatic N) is 1. The molecule has 2 N–H and O–H groups in total. The minimum atomic E-state index is 0. The Hall–Kier alpha value is -2.04. The van der Waals surface area contributed by atoms with Crippen LogP contribution in [0.3, 0.4) is 0 Å². The van der Waals surface area contributed by atoms with Gasteiger partial charge in [0.05, 0.1) is 11.1 Å². The third-order valence-corrected chi connectivity index (χ3v) is 3.66. The Morgan fingerprint density at radius 1 is 1.04 bits per heavy atom. The van der Waals surface area contributed by atoms with Crippen LogP contribution in [0.4, 0.5) is 5.82 Å². The molecule has 127 valence electrons. The van der Waals surface area contributed by atoms with E-state index in [9.17, 15) is 5.21 Å². The maximum atomic E-state index is 10.1. The van der Waals surface area contributed by atoms with Gasteiger partial charge in [0, 0.05) is 31.0 Å². The molecule has 0 saturated heterocycles. The van der Waals surface area contributed by atoms with E-state index >= 15 is 0 Å². The number of hydrogen-bond acceptors (Lipinski definition) is 3. The van der Waals surface area contributed by atoms with Crippen molar-refractivity contribution in [1.29, 1.82) is 0 Å². The van der Waals surface area contributed by atoms with E-state index in [0.29, 0.717) is 12.4 Å². The molecule has 1 heterocycles. The van der Waals surface area contributed by atoms with Crippen LogP contribution in [-0.4, -0.2) is 17.0 Å². The molecule has 0 bridgehead atoms. The van der Waals surface area contributed by atoms with Crippen LogP contribution in [0.15, 0.2) is 48.5 Å². The Balaban J connectivity index is 0.000000925. The monoisotopic (exact) mass is 363 g/mol. The molecular formula is C19H24N2O2V. The number of anilines is 1. The van der Waals surface area contributed by atoms with Gasteiger partial charge in [-0.2, -0.15) is 4.73 Å². The van der Waals surface area contributed by atoms with Gasteiger partial charge in [0.15, 0.2) is 5.82 Å². The van der Waals surface area contributed by atoms with Crippen molar-refractivity contribution >= 4 is 16.6 Å². The Kier molecular flexibility index (Phi) is 7.76. The number of aromatic nitrogens is 1. The van der Waals surface area contributed by atoms with Gasteiger partial charge in [-0.15, -0.1) is 0 Å². The Labute approximate surface area is 155 Å². The molecule has 0 amide bonds. The fourth-order valence-corrected chi connectivity index (χ4v) is 2.55. The zero-order valence-corrected chi connectivity index (χ0v) is 16.0. The summed E-state index contributed by atoms with van der Waals surface area (Å²) in [5, 5.41) is 15.0. The number of benzene rings is 2. The second kappa shape index (κ2) is 9.31. The molecule has 0 aliphatic rings. The molecule has 24 heavy (non-hydrogen) atoms. The van der Waals surface area contributed by atoms with E-state index < -0.39 is 0 Å². The number of ether oxygens (including phenoxy) is 1. The smallest absolute Gasteiger partial charge is 0.153 e. The summed E-state index contributed by atoms with van der Waals surface area (Å²) in [5.41, 5.74) is 1.90. The summed E-state index contributed by atoms with van der Waals surface area (Å²) in [4.78, 5) is 0. The molecule has 0 aliphatic carbocycles. The molecule has 4 nitrogen and oxygen atoms in total. The summed E-state index contributed by atoms with van der Waals surface area (Å²) >= 11 is 0. The normalized spacial score (nSPS) is 9.67. The van der Waals surface area contributed by atoms with Crippen molar-refractivity contribution in [2.45, 2.75) is 27.4 Å². The molecule has 3 aromatic rings. The minimum absolute atomic E-state index is 0. The standard InChI is InChI=1S/C17H18N2O2.C2H6.V/c1-12-14-9-6-10-15(16(14)17(18-2)19(12)20)21-11-13-7-4-3-5-8-13;1-2;/h3-10,18,20H,11H2,1-2H3;1-2H3;. The van der Waals surface area contributed by atoms with E-state index in [-0.39, 0.29) is 18.6 Å². The van der Waals surface area contributed by atoms with Gasteiger partial charge in [0.2, 0.25) is 0 Å². The first-order valence-corrected chi connectivity index (χ1v) is 7.90. The molecule has 5 heteroatoms. The Bertz CT molecular complexity index is 770. The van der Waals surface area contributed by atoms with E-state index in [4.69, 9.17) is 4.74 Å². The summed E-state index contributed by atoms with van der Waals surface area (Å²) in [6.45, 7) is 6.38. The quantitative estimate of drug-likeness (QED) is 0.653. The summed E-state index contributed by atoms with van der Waals surface area (Å²) in [6.07, 6.45) is 0. The largest absolute Gasteiger partial charge is 0.488 e. The fourth-order valence-electron chi connectivity index (χ4n) is 2.55. The van der Waals surface area contributed by atoms with Crippen LogP contribution in [0.1, 0.15) is 25.1 Å². The predicted molar refractivity (Wildman–Crippen MR) is 95.5 cm³/mol. The molecule has 0 aliphatic heterocycles. The molecule has 1 radical (unpaired) electrons. The van der Waals surface area contributed by atoms with Gasteiger partial charge < -0.3 is 15.3 Å². The van der Waals surface area contributed by atoms with E-state index in [1.807, 2.05) is 69.3 Å². The topological polar surface area (TPSA) is 46.4 Å². The maximum absolute atomic E-state index is 10.1. The van der Waals surface area contributed by atoms with Crippen molar-refractivity contribution in [2.75, 3.05) is 12.4 Å². The average molecular weight is 363 g/mol. The SMILES string of the molecule is CC.CNc1c2c(OCc3ccccc3)cccc2c(C)n1O.[V]. The summed E-state index contributed by atoms with van der Waals surface area (Å²) < 4.78 is 7.12. The van der Waals surface area contributed by atoms with Crippen molar-refractivity contribution in [1.82, 2.24) is 4.73 Å².